The average Bonchev–Trinajstić information content (AvgIpc) is 1.13. The Labute approximate surface area is 720 Å². The van der Waals surface area contributed by atoms with Gasteiger partial charge in [-0.1, -0.05) is 96.9 Å². The summed E-state index contributed by atoms with van der Waals surface area (Å²) in [7, 11) is 0. The van der Waals surface area contributed by atoms with Gasteiger partial charge >= 0.3 is 0 Å². The first-order valence-electron chi connectivity index (χ1n) is 44.8. The molecular formula is C85H161N21O15. The van der Waals surface area contributed by atoms with Gasteiger partial charge in [0.2, 0.25) is 88.6 Å². The Balaban J connectivity index is 3.74. The third-order valence-corrected chi connectivity index (χ3v) is 20.8. The SMILES string of the molecule is CC(=O)N[C@@H](CCCCN)C(=O)N[C@@H](CC(C)C)C(=O)N1CCC[C@H]1C(=O)N[C@@H](CCCCN)C(=O)N[C@@H](CC(C)C)C(=O)N[C@@H](CC(C)C)C(=O)N[C@@H](CCCCN)C(=O)N[C@@H](CCCCN)C(=O)N[C@@H](CC(C)C)C(=O)N[C@@H](CC(C)C)C(=O)N[C@@H](CCCCN)C(=O)N[C@@H](CC(C)C)C(=O)N[C@@H](CC(C)C)C(=O)N[C@@H](CCCCN)C(N)=O. The molecule has 0 saturated carbocycles. The molecule has 36 heteroatoms. The first-order chi connectivity index (χ1) is 57.1. The predicted octanol–water partition coefficient (Wildman–Crippen LogP) is 0.882. The van der Waals surface area contributed by atoms with Gasteiger partial charge in [0.05, 0.1) is 0 Å². The standard InChI is InChI=1S/C85H161N21O15/c1-50(2)43-64(78(114)94-58(72(92)108)29-16-22-36-86)102-81(117)67(46-53(7)8)100-76(112)62(33-20-26-40-90)97-80(116)66(45-52(5)6)104-82(118)68(47-54(9)10)99-75(111)61(32-19-25-39-89)95-74(110)60(31-18-24-38-88)96-79(115)65(44-51(3)4)103-83(119)69(48-55(11)12)101-77(113)63(34-21-27-41-91)98-84(120)71-35-28-42-106(71)85(121)70(49-56(13)14)105-73(109)59(93-57(15)107)30-17-23-37-87/h50-56,58-71H,16-49,86-91H2,1-15H3,(H2,92,108)(H,93,107)(H,94,114)(H,95,110)(H,96,115)(H,97,116)(H,98,120)(H,99,111)(H,100,112)(H,101,113)(H,102,117)(H,103,119)(H,104,118)(H,105,109)/t58-,59-,60-,61-,62-,63-,64-,65-,66-,67-,68-,69-,70-,71-/m0/s1. The van der Waals surface area contributed by atoms with Gasteiger partial charge in [0.15, 0.2) is 0 Å². The number of nitrogens with one attached hydrogen (secondary N) is 13. The van der Waals surface area contributed by atoms with Gasteiger partial charge in [-0.2, -0.15) is 0 Å². The summed E-state index contributed by atoms with van der Waals surface area (Å²) in [5, 5.41) is 36.6. The van der Waals surface area contributed by atoms with Crippen molar-refractivity contribution in [2.75, 3.05) is 45.8 Å². The lowest BCUT2D eigenvalue weighted by Crippen LogP contribution is -2.61. The summed E-state index contributed by atoms with van der Waals surface area (Å²) in [6.45, 7) is 29.1. The van der Waals surface area contributed by atoms with Crippen molar-refractivity contribution >= 4 is 88.6 Å². The van der Waals surface area contributed by atoms with Gasteiger partial charge in [0, 0.05) is 13.5 Å². The van der Waals surface area contributed by atoms with E-state index >= 15 is 0 Å². The van der Waals surface area contributed by atoms with E-state index in [0.717, 1.165) is 0 Å². The molecule has 0 bridgehead atoms. The fraction of sp³-hybridized carbons (Fsp3) is 0.824. The fourth-order valence-corrected chi connectivity index (χ4v) is 14.5. The summed E-state index contributed by atoms with van der Waals surface area (Å²) in [5.41, 5.74) is 40.7. The lowest BCUT2D eigenvalue weighted by molar-refractivity contribution is -0.143. The van der Waals surface area contributed by atoms with E-state index in [1.54, 1.807) is 0 Å². The highest BCUT2D eigenvalue weighted by Gasteiger charge is 2.42. The second kappa shape index (κ2) is 61.2. The van der Waals surface area contributed by atoms with E-state index < -0.39 is 173 Å². The minimum absolute atomic E-state index is 0.0340. The van der Waals surface area contributed by atoms with Crippen molar-refractivity contribution in [3.05, 3.63) is 0 Å². The Hall–Kier alpha value is -8.19. The molecule has 1 heterocycles. The lowest BCUT2D eigenvalue weighted by atomic mass is 9.98. The summed E-state index contributed by atoms with van der Waals surface area (Å²) in [6, 6.07) is -16.6. The normalized spacial score (nSPS) is 16.1. The lowest BCUT2D eigenvalue weighted by Gasteiger charge is -2.31. The van der Waals surface area contributed by atoms with Gasteiger partial charge in [-0.25, -0.2) is 0 Å². The number of rotatable bonds is 65. The van der Waals surface area contributed by atoms with Gasteiger partial charge in [0.1, 0.15) is 84.6 Å². The smallest absolute Gasteiger partial charge is 0.245 e. The minimum atomic E-state index is -1.31. The number of nitrogens with zero attached hydrogens (tertiary/aromatic N) is 1. The largest absolute Gasteiger partial charge is 0.368 e. The van der Waals surface area contributed by atoms with Crippen LogP contribution in [-0.4, -0.2) is 224 Å². The van der Waals surface area contributed by atoms with E-state index in [-0.39, 0.29) is 158 Å². The molecule has 15 amide bonds. The van der Waals surface area contributed by atoms with E-state index in [9.17, 15) is 71.9 Å². The number of carbonyl (C=O) groups excluding carboxylic acids is 15. The number of likely N-dealkylation sites (tertiary alicyclic amines) is 1. The van der Waals surface area contributed by atoms with Crippen LogP contribution in [0.15, 0.2) is 0 Å². The van der Waals surface area contributed by atoms with Gasteiger partial charge in [-0.05, 0) is 254 Å². The molecule has 1 aliphatic heterocycles. The van der Waals surface area contributed by atoms with Crippen molar-refractivity contribution in [2.45, 2.75) is 362 Å². The highest BCUT2D eigenvalue weighted by molar-refractivity contribution is 6.00. The molecule has 0 spiro atoms. The topological polar surface area (TPSA) is 598 Å². The number of carbonyl (C=O) groups is 15. The number of hydrogen-bond acceptors (Lipinski definition) is 21. The van der Waals surface area contributed by atoms with Gasteiger partial charge in [-0.3, -0.25) is 71.9 Å². The highest BCUT2D eigenvalue weighted by Crippen LogP contribution is 2.23. The molecule has 27 N–H and O–H groups in total. The Morgan fingerprint density at radius 3 is 0.678 bits per heavy atom. The van der Waals surface area contributed by atoms with Crippen LogP contribution in [0, 0.1) is 41.4 Å². The molecular weight excluding hydrogens is 1560 g/mol. The van der Waals surface area contributed by atoms with Crippen molar-refractivity contribution in [1.29, 1.82) is 0 Å². The number of nitrogens with two attached hydrogens (primary N) is 7. The van der Waals surface area contributed by atoms with E-state index in [4.69, 9.17) is 40.1 Å². The third-order valence-electron chi connectivity index (χ3n) is 20.8. The molecule has 696 valence electrons. The molecule has 0 aromatic rings. The summed E-state index contributed by atoms with van der Waals surface area (Å²) in [6.07, 6.45) is 7.83. The van der Waals surface area contributed by atoms with Gasteiger partial charge in [0.25, 0.3) is 0 Å². The zero-order valence-corrected chi connectivity index (χ0v) is 75.8. The van der Waals surface area contributed by atoms with E-state index in [2.05, 4.69) is 69.1 Å². The van der Waals surface area contributed by atoms with Crippen molar-refractivity contribution in [3.63, 3.8) is 0 Å². The zero-order chi connectivity index (χ0) is 91.6. The van der Waals surface area contributed by atoms with E-state index in [0.29, 0.717) is 103 Å². The predicted molar refractivity (Wildman–Crippen MR) is 468 cm³/mol. The summed E-state index contributed by atoms with van der Waals surface area (Å²) < 4.78 is 0. The first kappa shape index (κ1) is 111. The maximum Gasteiger partial charge on any atom is 0.245 e. The summed E-state index contributed by atoms with van der Waals surface area (Å²) >= 11 is 0. The minimum Gasteiger partial charge on any atom is -0.368 e. The van der Waals surface area contributed by atoms with Crippen LogP contribution < -0.4 is 109 Å². The van der Waals surface area contributed by atoms with E-state index in [1.807, 2.05) is 96.9 Å². The molecule has 36 nitrogen and oxygen atoms in total. The highest BCUT2D eigenvalue weighted by atomic mass is 16.2. The molecule has 0 aromatic heterocycles. The third kappa shape index (κ3) is 45.7. The molecule has 0 aromatic carbocycles. The monoisotopic (exact) mass is 1720 g/mol. The van der Waals surface area contributed by atoms with E-state index in [1.165, 1.54) is 11.8 Å². The molecule has 1 rings (SSSR count). The van der Waals surface area contributed by atoms with Gasteiger partial charge < -0.3 is 114 Å². The van der Waals surface area contributed by atoms with Crippen LogP contribution in [0.5, 0.6) is 0 Å². The number of hydrogen-bond donors (Lipinski definition) is 20. The molecule has 0 unspecified atom stereocenters. The van der Waals surface area contributed by atoms with Crippen LogP contribution in [0.4, 0.5) is 0 Å². The number of amides is 15. The quantitative estimate of drug-likeness (QED) is 0.0376. The first-order valence-corrected chi connectivity index (χ1v) is 44.8. The van der Waals surface area contributed by atoms with Gasteiger partial charge in [-0.15, -0.1) is 0 Å². The van der Waals surface area contributed by atoms with Crippen LogP contribution >= 0.6 is 0 Å². The molecule has 0 aliphatic carbocycles. The van der Waals surface area contributed by atoms with Crippen molar-refractivity contribution < 1.29 is 71.9 Å². The van der Waals surface area contributed by atoms with Crippen LogP contribution in [0.25, 0.3) is 0 Å². The Bertz CT molecular complexity index is 3180. The summed E-state index contributed by atoms with van der Waals surface area (Å²) in [5.74, 6) is -11.3. The molecule has 0 radical (unpaired) electrons. The molecule has 121 heavy (non-hydrogen) atoms. The Morgan fingerprint density at radius 2 is 0.455 bits per heavy atom. The van der Waals surface area contributed by atoms with Crippen LogP contribution in [-0.2, 0) is 71.9 Å². The molecule has 1 aliphatic rings. The van der Waals surface area contributed by atoms with Crippen molar-refractivity contribution in [1.82, 2.24) is 74.0 Å². The Kier molecular flexibility index (Phi) is 56.0. The Morgan fingerprint density at radius 1 is 0.264 bits per heavy atom. The maximum absolute atomic E-state index is 14.9. The zero-order valence-electron chi connectivity index (χ0n) is 75.8. The maximum atomic E-state index is 14.9. The van der Waals surface area contributed by atoms with Crippen LogP contribution in [0.3, 0.4) is 0 Å². The molecule has 1 saturated heterocycles. The fourth-order valence-electron chi connectivity index (χ4n) is 14.5. The second-order valence-corrected chi connectivity index (χ2v) is 35.7. The molecule has 1 fully saturated rings. The van der Waals surface area contributed by atoms with Crippen molar-refractivity contribution in [3.8, 4) is 0 Å². The summed E-state index contributed by atoms with van der Waals surface area (Å²) in [4.78, 5) is 215. The number of unbranched alkanes of at least 4 members (excludes halogenated alkanes) is 6. The van der Waals surface area contributed by atoms with Crippen molar-refractivity contribution in [2.24, 2.45) is 81.6 Å². The molecule has 14 atom stereocenters. The second-order valence-electron chi connectivity index (χ2n) is 35.7. The number of primary amides is 1. The van der Waals surface area contributed by atoms with Crippen LogP contribution in [0.2, 0.25) is 0 Å². The van der Waals surface area contributed by atoms with Crippen LogP contribution in [0.1, 0.15) is 277 Å². The average molecular weight is 1720 g/mol.